The summed E-state index contributed by atoms with van der Waals surface area (Å²) < 4.78 is 0. The van der Waals surface area contributed by atoms with Gasteiger partial charge < -0.3 is 15.5 Å². The fourth-order valence-corrected chi connectivity index (χ4v) is 3.09. The van der Waals surface area contributed by atoms with Gasteiger partial charge in [0, 0.05) is 50.7 Å². The number of rotatable bonds is 5. The molecule has 5 nitrogen and oxygen atoms in total. The summed E-state index contributed by atoms with van der Waals surface area (Å²) in [4.78, 5) is 18.9. The molecule has 1 aromatic carbocycles. The van der Waals surface area contributed by atoms with E-state index in [2.05, 4.69) is 28.6 Å². The van der Waals surface area contributed by atoms with Crippen LogP contribution in [0.15, 0.2) is 48.8 Å². The first-order chi connectivity index (χ1) is 11.8. The molecule has 24 heavy (non-hydrogen) atoms. The van der Waals surface area contributed by atoms with Crippen molar-refractivity contribution in [1.29, 1.82) is 0 Å². The maximum atomic E-state index is 12.7. The lowest BCUT2D eigenvalue weighted by atomic mass is 10.0. The van der Waals surface area contributed by atoms with Crippen molar-refractivity contribution in [2.75, 3.05) is 31.5 Å². The fraction of sp³-hybridized carbons (Fsp3) is 0.368. The maximum absolute atomic E-state index is 12.7. The molecule has 1 fully saturated rings. The Balaban J connectivity index is 1.59. The number of aryl methyl sites for hydroxylation is 1. The standard InChI is InChI=1S/C19H24N4O/c1-15-5-2-3-7-17(15)22-10-8-19(24)23-12-11-21-14-18(23)16-6-4-9-20-13-16/h2-7,9,13,18,21-22H,8,10-12,14H2,1H3. The van der Waals surface area contributed by atoms with Gasteiger partial charge in [-0.2, -0.15) is 0 Å². The van der Waals surface area contributed by atoms with E-state index >= 15 is 0 Å². The van der Waals surface area contributed by atoms with Crippen molar-refractivity contribution < 1.29 is 4.79 Å². The molecule has 1 amide bonds. The van der Waals surface area contributed by atoms with Crippen LogP contribution in [0.4, 0.5) is 5.69 Å². The molecule has 126 valence electrons. The second-order valence-electron chi connectivity index (χ2n) is 6.09. The molecule has 0 radical (unpaired) electrons. The molecule has 2 heterocycles. The number of piperazine rings is 1. The SMILES string of the molecule is Cc1ccccc1NCCC(=O)N1CCNCC1c1cccnc1. The normalized spacial score (nSPS) is 17.5. The van der Waals surface area contributed by atoms with E-state index < -0.39 is 0 Å². The van der Waals surface area contributed by atoms with Gasteiger partial charge in [0.25, 0.3) is 0 Å². The van der Waals surface area contributed by atoms with Gasteiger partial charge in [-0.05, 0) is 30.2 Å². The molecule has 0 bridgehead atoms. The van der Waals surface area contributed by atoms with Gasteiger partial charge in [-0.1, -0.05) is 24.3 Å². The topological polar surface area (TPSA) is 57.3 Å². The fourth-order valence-electron chi connectivity index (χ4n) is 3.09. The number of carbonyl (C=O) groups excluding carboxylic acids is 1. The number of amides is 1. The van der Waals surface area contributed by atoms with E-state index in [1.54, 1.807) is 6.20 Å². The first kappa shape index (κ1) is 16.5. The maximum Gasteiger partial charge on any atom is 0.224 e. The van der Waals surface area contributed by atoms with Crippen molar-refractivity contribution in [2.24, 2.45) is 0 Å². The Morgan fingerprint density at radius 1 is 1.33 bits per heavy atom. The van der Waals surface area contributed by atoms with Crippen molar-refractivity contribution >= 4 is 11.6 Å². The van der Waals surface area contributed by atoms with E-state index in [1.165, 1.54) is 5.56 Å². The number of hydrogen-bond acceptors (Lipinski definition) is 4. The zero-order valence-electron chi connectivity index (χ0n) is 14.0. The molecule has 2 aromatic rings. The summed E-state index contributed by atoms with van der Waals surface area (Å²) in [5.74, 6) is 0.187. The van der Waals surface area contributed by atoms with Crippen LogP contribution >= 0.6 is 0 Å². The molecular formula is C19H24N4O. The lowest BCUT2D eigenvalue weighted by molar-refractivity contribution is -0.134. The molecule has 1 atom stereocenters. The molecule has 1 aromatic heterocycles. The number of aromatic nitrogens is 1. The summed E-state index contributed by atoms with van der Waals surface area (Å²) in [6, 6.07) is 12.2. The van der Waals surface area contributed by atoms with E-state index in [0.717, 1.165) is 30.9 Å². The van der Waals surface area contributed by atoms with E-state index in [1.807, 2.05) is 41.4 Å². The molecule has 1 unspecified atom stereocenters. The molecular weight excluding hydrogens is 300 g/mol. The van der Waals surface area contributed by atoms with Crippen molar-refractivity contribution in [1.82, 2.24) is 15.2 Å². The summed E-state index contributed by atoms with van der Waals surface area (Å²) >= 11 is 0. The summed E-state index contributed by atoms with van der Waals surface area (Å²) in [6.45, 7) is 5.07. The number of para-hydroxylation sites is 1. The third-order valence-corrected chi connectivity index (χ3v) is 4.43. The molecule has 1 saturated heterocycles. The highest BCUT2D eigenvalue weighted by Gasteiger charge is 2.27. The molecule has 0 saturated carbocycles. The molecule has 0 aliphatic carbocycles. The number of nitrogens with one attached hydrogen (secondary N) is 2. The minimum atomic E-state index is 0.0680. The van der Waals surface area contributed by atoms with Crippen molar-refractivity contribution in [2.45, 2.75) is 19.4 Å². The van der Waals surface area contributed by atoms with Crippen molar-refractivity contribution in [3.05, 3.63) is 59.9 Å². The summed E-state index contributed by atoms with van der Waals surface area (Å²) in [6.07, 6.45) is 4.10. The highest BCUT2D eigenvalue weighted by Crippen LogP contribution is 2.22. The van der Waals surface area contributed by atoms with Gasteiger partial charge in [-0.15, -0.1) is 0 Å². The predicted octanol–water partition coefficient (Wildman–Crippen LogP) is 2.37. The smallest absolute Gasteiger partial charge is 0.224 e. The average Bonchev–Trinajstić information content (AvgIpc) is 2.64. The van der Waals surface area contributed by atoms with Gasteiger partial charge in [0.2, 0.25) is 5.91 Å². The van der Waals surface area contributed by atoms with Crippen LogP contribution in [0, 0.1) is 6.92 Å². The minimum Gasteiger partial charge on any atom is -0.384 e. The van der Waals surface area contributed by atoms with E-state index in [4.69, 9.17) is 0 Å². The monoisotopic (exact) mass is 324 g/mol. The number of hydrogen-bond donors (Lipinski definition) is 2. The third kappa shape index (κ3) is 3.92. The van der Waals surface area contributed by atoms with E-state index in [0.29, 0.717) is 13.0 Å². The van der Waals surface area contributed by atoms with Gasteiger partial charge in [0.15, 0.2) is 0 Å². The third-order valence-electron chi connectivity index (χ3n) is 4.43. The van der Waals surface area contributed by atoms with Crippen LogP contribution in [0.2, 0.25) is 0 Å². The van der Waals surface area contributed by atoms with Crippen LogP contribution in [0.25, 0.3) is 0 Å². The second kappa shape index (κ2) is 7.93. The number of nitrogens with zero attached hydrogens (tertiary/aromatic N) is 2. The lowest BCUT2D eigenvalue weighted by Crippen LogP contribution is -2.49. The number of anilines is 1. The van der Waals surface area contributed by atoms with Crippen LogP contribution < -0.4 is 10.6 Å². The highest BCUT2D eigenvalue weighted by molar-refractivity contribution is 5.77. The average molecular weight is 324 g/mol. The first-order valence-corrected chi connectivity index (χ1v) is 8.45. The molecule has 5 heteroatoms. The minimum absolute atomic E-state index is 0.0680. The van der Waals surface area contributed by atoms with Gasteiger partial charge in [0.1, 0.15) is 0 Å². The molecule has 1 aliphatic heterocycles. The summed E-state index contributed by atoms with van der Waals surface area (Å²) in [5, 5.41) is 6.73. The highest BCUT2D eigenvalue weighted by atomic mass is 16.2. The van der Waals surface area contributed by atoms with Crippen LogP contribution in [0.5, 0.6) is 0 Å². The summed E-state index contributed by atoms with van der Waals surface area (Å²) in [7, 11) is 0. The number of pyridine rings is 1. The first-order valence-electron chi connectivity index (χ1n) is 8.45. The van der Waals surface area contributed by atoms with Crippen molar-refractivity contribution in [3.8, 4) is 0 Å². The van der Waals surface area contributed by atoms with E-state index in [-0.39, 0.29) is 11.9 Å². The van der Waals surface area contributed by atoms with Gasteiger partial charge in [0.05, 0.1) is 6.04 Å². The largest absolute Gasteiger partial charge is 0.384 e. The second-order valence-corrected chi connectivity index (χ2v) is 6.09. The Bertz CT molecular complexity index is 674. The van der Waals surface area contributed by atoms with Crippen molar-refractivity contribution in [3.63, 3.8) is 0 Å². The van der Waals surface area contributed by atoms with Crippen LogP contribution in [-0.2, 0) is 4.79 Å². The number of benzene rings is 1. The Morgan fingerprint density at radius 2 is 2.21 bits per heavy atom. The quantitative estimate of drug-likeness (QED) is 0.886. The van der Waals surface area contributed by atoms with Crippen LogP contribution in [0.1, 0.15) is 23.6 Å². The zero-order valence-corrected chi connectivity index (χ0v) is 14.0. The zero-order chi connectivity index (χ0) is 16.8. The molecule has 3 rings (SSSR count). The Morgan fingerprint density at radius 3 is 3.00 bits per heavy atom. The molecule has 0 spiro atoms. The number of carbonyl (C=O) groups is 1. The van der Waals surface area contributed by atoms with Gasteiger partial charge in [-0.3, -0.25) is 9.78 Å². The van der Waals surface area contributed by atoms with Crippen LogP contribution in [-0.4, -0.2) is 42.0 Å². The van der Waals surface area contributed by atoms with Crippen LogP contribution in [0.3, 0.4) is 0 Å². The summed E-state index contributed by atoms with van der Waals surface area (Å²) in [5.41, 5.74) is 3.37. The Hall–Kier alpha value is -2.40. The predicted molar refractivity (Wildman–Crippen MR) is 95.8 cm³/mol. The Kier molecular flexibility index (Phi) is 5.43. The van der Waals surface area contributed by atoms with Gasteiger partial charge in [-0.25, -0.2) is 0 Å². The lowest BCUT2D eigenvalue weighted by Gasteiger charge is -2.36. The molecule has 1 aliphatic rings. The molecule has 2 N–H and O–H groups in total. The Labute approximate surface area is 143 Å². The van der Waals surface area contributed by atoms with E-state index in [9.17, 15) is 4.79 Å². The van der Waals surface area contributed by atoms with Gasteiger partial charge >= 0.3 is 0 Å².